The predicted molar refractivity (Wildman–Crippen MR) is 43.6 cm³/mol. The van der Waals surface area contributed by atoms with Gasteiger partial charge < -0.3 is 10.4 Å². The van der Waals surface area contributed by atoms with Gasteiger partial charge in [-0.25, -0.2) is 8.78 Å². The number of aliphatic hydroxyl groups excluding tert-OH is 1. The first-order chi connectivity index (χ1) is 6.06. The number of likely N-dealkylation sites (N-methyl/N-ethyl adjacent to an activating group) is 1. The van der Waals surface area contributed by atoms with Gasteiger partial charge >= 0.3 is 0 Å². The van der Waals surface area contributed by atoms with Gasteiger partial charge in [0.05, 0.1) is 19.7 Å². The zero-order chi connectivity index (χ0) is 10.3. The lowest BCUT2D eigenvalue weighted by Gasteiger charge is -2.14. The van der Waals surface area contributed by atoms with E-state index in [1.165, 1.54) is 11.9 Å². The average molecular weight is 196 g/mol. The molecule has 0 rings (SSSR count). The summed E-state index contributed by atoms with van der Waals surface area (Å²) in [6.45, 7) is -0.497. The summed E-state index contributed by atoms with van der Waals surface area (Å²) in [6.07, 6.45) is -2.43. The maximum atomic E-state index is 11.8. The van der Waals surface area contributed by atoms with E-state index in [-0.39, 0.29) is 25.6 Å². The van der Waals surface area contributed by atoms with Crippen molar-refractivity contribution in [1.82, 2.24) is 10.2 Å². The molecule has 0 aromatic heterocycles. The molecule has 6 heteroatoms. The van der Waals surface area contributed by atoms with Gasteiger partial charge in [0.25, 0.3) is 6.43 Å². The van der Waals surface area contributed by atoms with Crippen LogP contribution < -0.4 is 5.32 Å². The van der Waals surface area contributed by atoms with Crippen LogP contribution >= 0.6 is 0 Å². The number of halogens is 2. The fourth-order valence-corrected chi connectivity index (χ4v) is 0.797. The van der Waals surface area contributed by atoms with Gasteiger partial charge in [-0.3, -0.25) is 9.69 Å². The Morgan fingerprint density at radius 3 is 2.69 bits per heavy atom. The van der Waals surface area contributed by atoms with E-state index in [4.69, 9.17) is 5.11 Å². The number of rotatable bonds is 6. The number of nitrogens with zero attached hydrogens (tertiary/aromatic N) is 1. The van der Waals surface area contributed by atoms with E-state index in [0.29, 0.717) is 0 Å². The fraction of sp³-hybridized carbons (Fsp3) is 0.857. The van der Waals surface area contributed by atoms with E-state index in [2.05, 4.69) is 5.32 Å². The normalized spacial score (nSPS) is 10.9. The summed E-state index contributed by atoms with van der Waals surface area (Å²) in [5.41, 5.74) is 0. The Bertz CT molecular complexity index is 155. The van der Waals surface area contributed by atoms with Crippen LogP contribution in [-0.2, 0) is 4.79 Å². The Hall–Kier alpha value is -0.750. The number of carbonyl (C=O) groups excluding carboxylic acids is 1. The maximum absolute atomic E-state index is 11.8. The highest BCUT2D eigenvalue weighted by Crippen LogP contribution is 1.94. The van der Waals surface area contributed by atoms with Crippen LogP contribution in [0, 0.1) is 0 Å². The number of aliphatic hydroxyl groups is 1. The van der Waals surface area contributed by atoms with Crippen LogP contribution in [0.4, 0.5) is 8.78 Å². The Labute approximate surface area is 75.5 Å². The van der Waals surface area contributed by atoms with E-state index in [1.807, 2.05) is 0 Å². The number of hydrogen-bond acceptors (Lipinski definition) is 3. The van der Waals surface area contributed by atoms with Crippen molar-refractivity contribution < 1.29 is 18.7 Å². The van der Waals surface area contributed by atoms with Crippen LogP contribution in [0.2, 0.25) is 0 Å². The third-order valence-electron chi connectivity index (χ3n) is 1.30. The van der Waals surface area contributed by atoms with Gasteiger partial charge in [0.2, 0.25) is 5.91 Å². The molecular formula is C7H14F2N2O2. The molecule has 0 aliphatic heterocycles. The van der Waals surface area contributed by atoms with Crippen molar-refractivity contribution >= 4 is 5.91 Å². The Balaban J connectivity index is 3.53. The standard InChI is InChI=1S/C7H14F2N2O2/c1-11(4-6(8)9)5-7(13)10-2-3-12/h6,12H,2-5H2,1H3,(H,10,13). The quantitative estimate of drug-likeness (QED) is 0.590. The maximum Gasteiger partial charge on any atom is 0.251 e. The fourth-order valence-electron chi connectivity index (χ4n) is 0.797. The molecule has 0 saturated carbocycles. The SMILES string of the molecule is CN(CC(=O)NCCO)CC(F)F. The molecule has 2 N–H and O–H groups in total. The first-order valence-electron chi connectivity index (χ1n) is 3.90. The number of carbonyl (C=O) groups is 1. The molecular weight excluding hydrogens is 182 g/mol. The lowest BCUT2D eigenvalue weighted by Crippen LogP contribution is -2.38. The molecule has 0 aliphatic carbocycles. The summed E-state index contributed by atoms with van der Waals surface area (Å²) in [5, 5.41) is 10.7. The van der Waals surface area contributed by atoms with Gasteiger partial charge in [0.15, 0.2) is 0 Å². The van der Waals surface area contributed by atoms with Gasteiger partial charge in [-0.05, 0) is 7.05 Å². The molecule has 0 spiro atoms. The van der Waals surface area contributed by atoms with Crippen molar-refractivity contribution in [2.45, 2.75) is 6.43 Å². The second-order valence-corrected chi connectivity index (χ2v) is 2.66. The Morgan fingerprint density at radius 1 is 1.62 bits per heavy atom. The van der Waals surface area contributed by atoms with E-state index in [1.54, 1.807) is 0 Å². The molecule has 0 unspecified atom stereocenters. The molecule has 0 saturated heterocycles. The van der Waals surface area contributed by atoms with Crippen molar-refractivity contribution in [3.05, 3.63) is 0 Å². The number of nitrogens with one attached hydrogen (secondary N) is 1. The Morgan fingerprint density at radius 2 is 2.23 bits per heavy atom. The highest BCUT2D eigenvalue weighted by atomic mass is 19.3. The number of hydrogen-bond donors (Lipinski definition) is 2. The van der Waals surface area contributed by atoms with E-state index in [9.17, 15) is 13.6 Å². The highest BCUT2D eigenvalue weighted by Gasteiger charge is 2.10. The summed E-state index contributed by atoms with van der Waals surface area (Å²) < 4.78 is 23.5. The molecule has 1 amide bonds. The van der Waals surface area contributed by atoms with Crippen LogP contribution in [0.3, 0.4) is 0 Å². The third kappa shape index (κ3) is 7.61. The van der Waals surface area contributed by atoms with Crippen LogP contribution in [0.15, 0.2) is 0 Å². The Kier molecular flexibility index (Phi) is 6.34. The lowest BCUT2D eigenvalue weighted by atomic mass is 10.5. The van der Waals surface area contributed by atoms with Crippen molar-refractivity contribution in [1.29, 1.82) is 0 Å². The molecule has 0 aromatic rings. The molecule has 0 atom stereocenters. The predicted octanol–water partition coefficient (Wildman–Crippen LogP) is -0.708. The smallest absolute Gasteiger partial charge is 0.251 e. The molecule has 13 heavy (non-hydrogen) atoms. The van der Waals surface area contributed by atoms with E-state index < -0.39 is 13.0 Å². The summed E-state index contributed by atoms with van der Waals surface area (Å²) in [5.74, 6) is -0.364. The van der Waals surface area contributed by atoms with Crippen LogP contribution in [0.5, 0.6) is 0 Å². The largest absolute Gasteiger partial charge is 0.395 e. The minimum absolute atomic E-state index is 0.0790. The minimum atomic E-state index is -2.43. The average Bonchev–Trinajstić information content (AvgIpc) is 1.98. The molecule has 0 heterocycles. The molecule has 0 bridgehead atoms. The zero-order valence-corrected chi connectivity index (χ0v) is 7.46. The number of alkyl halides is 2. The van der Waals surface area contributed by atoms with Crippen LogP contribution in [-0.4, -0.2) is 55.6 Å². The number of amides is 1. The van der Waals surface area contributed by atoms with Gasteiger partial charge in [0, 0.05) is 6.54 Å². The first kappa shape index (κ1) is 12.2. The molecule has 78 valence electrons. The third-order valence-corrected chi connectivity index (χ3v) is 1.30. The summed E-state index contributed by atoms with van der Waals surface area (Å²) in [4.78, 5) is 12.1. The lowest BCUT2D eigenvalue weighted by molar-refractivity contribution is -0.122. The molecule has 0 fully saturated rings. The van der Waals surface area contributed by atoms with Crippen molar-refractivity contribution in [2.24, 2.45) is 0 Å². The van der Waals surface area contributed by atoms with Gasteiger partial charge in [0.1, 0.15) is 0 Å². The monoisotopic (exact) mass is 196 g/mol. The van der Waals surface area contributed by atoms with Crippen molar-refractivity contribution in [2.75, 3.05) is 33.3 Å². The van der Waals surface area contributed by atoms with E-state index in [0.717, 1.165) is 0 Å². The van der Waals surface area contributed by atoms with E-state index >= 15 is 0 Å². The molecule has 0 radical (unpaired) electrons. The summed E-state index contributed by atoms with van der Waals surface area (Å²) >= 11 is 0. The highest BCUT2D eigenvalue weighted by molar-refractivity contribution is 5.77. The minimum Gasteiger partial charge on any atom is -0.395 e. The van der Waals surface area contributed by atoms with Gasteiger partial charge in [-0.2, -0.15) is 0 Å². The van der Waals surface area contributed by atoms with Gasteiger partial charge in [-0.15, -0.1) is 0 Å². The summed E-state index contributed by atoms with van der Waals surface area (Å²) in [6, 6.07) is 0. The first-order valence-corrected chi connectivity index (χ1v) is 3.90. The molecule has 0 aliphatic rings. The van der Waals surface area contributed by atoms with Crippen molar-refractivity contribution in [3.8, 4) is 0 Å². The van der Waals surface area contributed by atoms with Gasteiger partial charge in [-0.1, -0.05) is 0 Å². The summed E-state index contributed by atoms with van der Waals surface area (Å²) in [7, 11) is 1.44. The van der Waals surface area contributed by atoms with Crippen molar-refractivity contribution in [3.63, 3.8) is 0 Å². The second kappa shape index (κ2) is 6.73. The topological polar surface area (TPSA) is 52.6 Å². The van der Waals surface area contributed by atoms with Crippen LogP contribution in [0.1, 0.15) is 0 Å². The molecule has 4 nitrogen and oxygen atoms in total. The van der Waals surface area contributed by atoms with Crippen LogP contribution in [0.25, 0.3) is 0 Å². The second-order valence-electron chi connectivity index (χ2n) is 2.66. The molecule has 0 aromatic carbocycles. The zero-order valence-electron chi connectivity index (χ0n) is 7.46.